The Morgan fingerprint density at radius 2 is 1.76 bits per heavy atom. The molecule has 5 rings (SSSR count). The number of hydrogen-bond donors (Lipinski definition) is 5. The summed E-state index contributed by atoms with van der Waals surface area (Å²) < 4.78 is 0. The Balaban J connectivity index is 1.57. The van der Waals surface area contributed by atoms with Crippen LogP contribution in [0.4, 0.5) is 11.4 Å². The van der Waals surface area contributed by atoms with Crippen LogP contribution >= 0.6 is 0 Å². The van der Waals surface area contributed by atoms with Crippen LogP contribution in [0.1, 0.15) is 54.4 Å². The summed E-state index contributed by atoms with van der Waals surface area (Å²) in [5, 5.41) is 37.5. The van der Waals surface area contributed by atoms with E-state index in [0.717, 1.165) is 18.5 Å². The average Bonchev–Trinajstić information content (AvgIpc) is 2.90. The Morgan fingerprint density at radius 3 is 2.34 bits per heavy atom. The van der Waals surface area contributed by atoms with E-state index in [1.807, 2.05) is 25.1 Å². The van der Waals surface area contributed by atoms with E-state index in [4.69, 9.17) is 5.73 Å². The van der Waals surface area contributed by atoms with Crippen LogP contribution in [-0.4, -0.2) is 96.0 Å². The molecule has 1 aromatic rings. The van der Waals surface area contributed by atoms with E-state index in [1.165, 1.54) is 19.3 Å². The molecule has 0 aromatic heterocycles. The lowest BCUT2D eigenvalue weighted by molar-refractivity contribution is -0.190. The maximum atomic E-state index is 14.1. The molecular weight excluding hydrogens is 528 g/mol. The number of aliphatic hydroxyl groups is 2. The van der Waals surface area contributed by atoms with E-state index < -0.39 is 64.7 Å². The van der Waals surface area contributed by atoms with E-state index in [9.17, 15) is 34.5 Å². The van der Waals surface area contributed by atoms with Crippen LogP contribution in [0.25, 0.3) is 0 Å². The second-order valence-corrected chi connectivity index (χ2v) is 12.9. The van der Waals surface area contributed by atoms with Crippen molar-refractivity contribution in [3.8, 4) is 5.75 Å². The highest BCUT2D eigenvalue weighted by molar-refractivity contribution is 6.26. The van der Waals surface area contributed by atoms with Gasteiger partial charge in [0, 0.05) is 38.3 Å². The second kappa shape index (κ2) is 10.7. The average molecular weight is 571 g/mol. The number of primary amides is 1. The van der Waals surface area contributed by atoms with Gasteiger partial charge in [-0.2, -0.15) is 0 Å². The van der Waals surface area contributed by atoms with E-state index in [1.54, 1.807) is 19.0 Å². The number of phenols is 1. The lowest BCUT2D eigenvalue weighted by Gasteiger charge is -2.55. The van der Waals surface area contributed by atoms with Gasteiger partial charge in [0.25, 0.3) is 0 Å². The standard InChI is InChI=1S/C30H42N4O7/c1-33(2)19-12-18(32-13-14-8-6-5-7-9-14)24(35)21-16(19)10-15-11-17-23(34(3)4)26(37)22(29(31)40)28(39)30(17,41)27(38)20(15)25(21)36/h12,14-15,17,20,22-23,26,32,35,37,41H,5-11,13H2,1-4H3,(H2,31,40)/t15-,17-,20?,22?,23-,26?,30-/m1/s1. The molecule has 4 aliphatic carbocycles. The molecule has 1 aromatic carbocycles. The van der Waals surface area contributed by atoms with Crippen molar-refractivity contribution in [2.24, 2.45) is 35.3 Å². The number of ketones is 3. The van der Waals surface area contributed by atoms with Gasteiger partial charge in [-0.15, -0.1) is 0 Å². The van der Waals surface area contributed by atoms with Gasteiger partial charge in [-0.05, 0) is 63.2 Å². The predicted octanol–water partition coefficient (Wildman–Crippen LogP) is 0.717. The number of hydrogen-bond acceptors (Lipinski definition) is 10. The van der Waals surface area contributed by atoms with Crippen molar-refractivity contribution >= 4 is 34.6 Å². The Labute approximate surface area is 240 Å². The number of nitrogens with zero attached hydrogens (tertiary/aromatic N) is 2. The molecule has 3 saturated carbocycles. The molecule has 4 aliphatic rings. The number of likely N-dealkylation sites (N-methyl/N-ethyl adjacent to an activating group) is 1. The minimum atomic E-state index is -2.67. The number of benzene rings is 1. The maximum Gasteiger partial charge on any atom is 0.230 e. The number of nitrogens with two attached hydrogens (primary N) is 1. The Kier molecular flexibility index (Phi) is 7.67. The number of phenolic OH excluding ortho intramolecular Hbond substituents is 1. The van der Waals surface area contributed by atoms with Crippen molar-refractivity contribution < 1.29 is 34.5 Å². The summed E-state index contributed by atoms with van der Waals surface area (Å²) in [6.45, 7) is 0.650. The minimum Gasteiger partial charge on any atom is -0.505 e. The molecular formula is C30H42N4O7. The van der Waals surface area contributed by atoms with Gasteiger partial charge in [0.1, 0.15) is 11.7 Å². The normalized spacial score (nSPS) is 33.7. The number of aromatic hydroxyl groups is 1. The van der Waals surface area contributed by atoms with Crippen molar-refractivity contribution in [2.45, 2.75) is 62.7 Å². The summed E-state index contributed by atoms with van der Waals surface area (Å²) in [6.07, 6.45) is 4.58. The third-order valence-electron chi connectivity index (χ3n) is 10.1. The van der Waals surface area contributed by atoms with Gasteiger partial charge in [0.15, 0.2) is 23.0 Å². The van der Waals surface area contributed by atoms with Crippen molar-refractivity contribution in [3.63, 3.8) is 0 Å². The maximum absolute atomic E-state index is 14.1. The van der Waals surface area contributed by atoms with E-state index in [0.29, 0.717) is 23.7 Å². The highest BCUT2D eigenvalue weighted by Crippen LogP contribution is 2.53. The Bertz CT molecular complexity index is 1270. The van der Waals surface area contributed by atoms with Crippen LogP contribution in [-0.2, 0) is 20.8 Å². The molecule has 224 valence electrons. The van der Waals surface area contributed by atoms with Crippen LogP contribution in [0.2, 0.25) is 0 Å². The third kappa shape index (κ3) is 4.53. The molecule has 41 heavy (non-hydrogen) atoms. The molecule has 11 nitrogen and oxygen atoms in total. The molecule has 0 bridgehead atoms. The molecule has 1 amide bonds. The first-order valence-electron chi connectivity index (χ1n) is 14.6. The summed E-state index contributed by atoms with van der Waals surface area (Å²) in [7, 11) is 6.95. The zero-order valence-corrected chi connectivity index (χ0v) is 24.2. The number of carbonyl (C=O) groups excluding carboxylic acids is 4. The number of anilines is 2. The molecule has 3 unspecified atom stereocenters. The smallest absolute Gasteiger partial charge is 0.230 e. The first-order chi connectivity index (χ1) is 19.3. The fraction of sp³-hybridized carbons (Fsp3) is 0.667. The first-order valence-corrected chi connectivity index (χ1v) is 14.6. The van der Waals surface area contributed by atoms with Crippen LogP contribution in [0, 0.1) is 29.6 Å². The van der Waals surface area contributed by atoms with Crippen LogP contribution in [0.15, 0.2) is 6.07 Å². The van der Waals surface area contributed by atoms with Gasteiger partial charge in [0.05, 0.1) is 23.3 Å². The third-order valence-corrected chi connectivity index (χ3v) is 10.1. The lowest BCUT2D eigenvalue weighted by Crippen LogP contribution is -2.75. The number of carbonyl (C=O) groups is 4. The molecule has 0 aliphatic heterocycles. The number of fused-ring (bicyclic) bond motifs is 3. The van der Waals surface area contributed by atoms with Crippen LogP contribution in [0.3, 0.4) is 0 Å². The number of amides is 1. The fourth-order valence-corrected chi connectivity index (χ4v) is 8.05. The molecule has 7 atom stereocenters. The van der Waals surface area contributed by atoms with Gasteiger partial charge in [-0.25, -0.2) is 0 Å². The zero-order valence-electron chi connectivity index (χ0n) is 24.2. The van der Waals surface area contributed by atoms with Crippen molar-refractivity contribution in [2.75, 3.05) is 45.0 Å². The molecule has 6 N–H and O–H groups in total. The van der Waals surface area contributed by atoms with E-state index in [2.05, 4.69) is 5.32 Å². The van der Waals surface area contributed by atoms with Gasteiger partial charge in [-0.3, -0.25) is 19.2 Å². The van der Waals surface area contributed by atoms with E-state index in [-0.39, 0.29) is 24.2 Å². The second-order valence-electron chi connectivity index (χ2n) is 12.9. The van der Waals surface area contributed by atoms with Crippen LogP contribution in [0.5, 0.6) is 5.75 Å². The van der Waals surface area contributed by atoms with E-state index >= 15 is 0 Å². The molecule has 0 radical (unpaired) electrons. The zero-order chi connectivity index (χ0) is 30.0. The number of Topliss-reactive ketones (excluding diaryl/α,β-unsaturated/α-hetero) is 3. The first kappa shape index (κ1) is 29.5. The molecule has 0 heterocycles. The summed E-state index contributed by atoms with van der Waals surface area (Å²) in [5.41, 5.74) is 4.56. The fourth-order valence-electron chi connectivity index (χ4n) is 8.05. The number of aliphatic hydroxyl groups excluding tert-OH is 1. The largest absolute Gasteiger partial charge is 0.505 e. The number of nitrogens with one attached hydrogen (secondary N) is 1. The molecule has 3 fully saturated rings. The van der Waals surface area contributed by atoms with Gasteiger partial charge < -0.3 is 36.2 Å². The van der Waals surface area contributed by atoms with Crippen molar-refractivity contribution in [3.05, 3.63) is 17.2 Å². The van der Waals surface area contributed by atoms with Crippen LogP contribution < -0.4 is 16.0 Å². The number of rotatable bonds is 6. The van der Waals surface area contributed by atoms with Crippen molar-refractivity contribution in [1.29, 1.82) is 0 Å². The van der Waals surface area contributed by atoms with Gasteiger partial charge >= 0.3 is 0 Å². The summed E-state index contributed by atoms with van der Waals surface area (Å²) in [4.78, 5) is 57.4. The SMILES string of the molecule is CN(C)c1cc(NCC2CCCCC2)c(O)c2c1C[C@@H]1C[C@@H]3[C@@H](N(C)C)C(O)C(C(N)=O)C(=O)[C@]3(O)C(=O)C1C2=O. The quantitative estimate of drug-likeness (QED) is 0.242. The topological polar surface area (TPSA) is 173 Å². The minimum absolute atomic E-state index is 0.0258. The van der Waals surface area contributed by atoms with Gasteiger partial charge in [0.2, 0.25) is 5.91 Å². The molecule has 11 heteroatoms. The van der Waals surface area contributed by atoms with Crippen molar-refractivity contribution in [1.82, 2.24) is 4.90 Å². The highest BCUT2D eigenvalue weighted by Gasteiger charge is 2.69. The molecule has 0 saturated heterocycles. The lowest BCUT2D eigenvalue weighted by atomic mass is 9.52. The molecule has 0 spiro atoms. The predicted molar refractivity (Wildman–Crippen MR) is 152 cm³/mol. The summed E-state index contributed by atoms with van der Waals surface area (Å²) in [6, 6.07) is 0.907. The Morgan fingerprint density at radius 1 is 1.10 bits per heavy atom. The Hall–Kier alpha value is -3.02. The monoisotopic (exact) mass is 570 g/mol. The summed E-state index contributed by atoms with van der Waals surface area (Å²) in [5.74, 6) is -8.51. The summed E-state index contributed by atoms with van der Waals surface area (Å²) >= 11 is 0. The van der Waals surface area contributed by atoms with Gasteiger partial charge in [-0.1, -0.05) is 19.3 Å². The highest BCUT2D eigenvalue weighted by atomic mass is 16.3.